The van der Waals surface area contributed by atoms with Gasteiger partial charge in [-0.25, -0.2) is 9.78 Å². The lowest BCUT2D eigenvalue weighted by molar-refractivity contribution is -0.151. The molecule has 2 saturated heterocycles. The first-order valence-electron chi connectivity index (χ1n) is 9.25. The van der Waals surface area contributed by atoms with E-state index < -0.39 is 24.7 Å². The van der Waals surface area contributed by atoms with Gasteiger partial charge in [0.2, 0.25) is 0 Å². The largest absolute Gasteiger partial charge is 0.406 e. The molecule has 2 aromatic heterocycles. The quantitative estimate of drug-likeness (QED) is 0.712. The highest BCUT2D eigenvalue weighted by Crippen LogP contribution is 2.29. The van der Waals surface area contributed by atoms with Crippen LogP contribution in [-0.4, -0.2) is 79.7 Å². The van der Waals surface area contributed by atoms with Gasteiger partial charge in [-0.15, -0.1) is 0 Å². The van der Waals surface area contributed by atoms with Crippen LogP contribution in [0.5, 0.6) is 0 Å². The first-order valence-corrected chi connectivity index (χ1v) is 9.25. The number of halogens is 3. The van der Waals surface area contributed by atoms with Crippen LogP contribution < -0.4 is 4.90 Å². The van der Waals surface area contributed by atoms with Crippen LogP contribution in [0.4, 0.5) is 23.8 Å². The minimum atomic E-state index is -4.61. The molecule has 0 unspecified atom stereocenters. The highest BCUT2D eigenvalue weighted by atomic mass is 19.4. The summed E-state index contributed by atoms with van der Waals surface area (Å²) in [6.07, 6.45) is -2.10. The molecule has 4 rings (SSSR count). The van der Waals surface area contributed by atoms with Crippen LogP contribution in [0, 0.1) is 13.8 Å². The van der Waals surface area contributed by atoms with Crippen molar-refractivity contribution in [1.82, 2.24) is 29.4 Å². The van der Waals surface area contributed by atoms with Crippen LogP contribution >= 0.6 is 0 Å². The van der Waals surface area contributed by atoms with Crippen LogP contribution in [0.3, 0.4) is 0 Å². The molecule has 2 aliphatic heterocycles. The molecule has 3 amide bonds. The number of hydrogen-bond acceptors (Lipinski definition) is 6. The Morgan fingerprint density at radius 1 is 1.17 bits per heavy atom. The number of nitrogens with zero attached hydrogens (tertiary/aromatic N) is 7. The van der Waals surface area contributed by atoms with Crippen LogP contribution in [0.15, 0.2) is 6.33 Å². The van der Waals surface area contributed by atoms with E-state index in [1.807, 2.05) is 13.8 Å². The first kappa shape index (κ1) is 19.4. The minimum Gasteiger partial charge on any atom is -0.356 e. The van der Waals surface area contributed by atoms with Gasteiger partial charge < -0.3 is 9.80 Å². The number of aryl methyl sites for hydroxylation is 1. The number of amides is 3. The third kappa shape index (κ3) is 3.47. The maximum atomic E-state index is 12.6. The molecule has 4 heterocycles. The van der Waals surface area contributed by atoms with Crippen molar-refractivity contribution < 1.29 is 22.8 Å². The second kappa shape index (κ2) is 6.85. The summed E-state index contributed by atoms with van der Waals surface area (Å²) in [6, 6.07) is -1.14. The molecule has 2 aromatic rings. The number of fused-ring (bicyclic) bond motifs is 1. The average Bonchev–Trinajstić information content (AvgIpc) is 3.21. The van der Waals surface area contributed by atoms with Crippen LogP contribution in [0.25, 0.3) is 5.78 Å². The van der Waals surface area contributed by atoms with Gasteiger partial charge in [0.25, 0.3) is 11.7 Å². The Hall–Kier alpha value is -2.92. The van der Waals surface area contributed by atoms with E-state index in [4.69, 9.17) is 0 Å². The topological polar surface area (TPSA) is 86.9 Å². The second-order valence-corrected chi connectivity index (χ2v) is 7.34. The number of carbonyl (C=O) groups excluding carboxylic acids is 2. The number of imide groups is 1. The van der Waals surface area contributed by atoms with Gasteiger partial charge in [-0.05, 0) is 26.7 Å². The van der Waals surface area contributed by atoms with Crippen molar-refractivity contribution in [3.05, 3.63) is 17.6 Å². The summed E-state index contributed by atoms with van der Waals surface area (Å²) in [7, 11) is 0. The van der Waals surface area contributed by atoms with Crippen molar-refractivity contribution in [2.75, 3.05) is 31.1 Å². The van der Waals surface area contributed by atoms with E-state index in [9.17, 15) is 22.8 Å². The van der Waals surface area contributed by atoms with Crippen molar-refractivity contribution in [3.8, 4) is 0 Å². The van der Waals surface area contributed by atoms with Crippen LogP contribution in [0.1, 0.15) is 24.1 Å². The zero-order chi connectivity index (χ0) is 20.9. The SMILES string of the molecule is Cc1nc2ncnn2c(N2CCC(N3CC(=O)N(CC(F)(F)F)C3=O)CC2)c1C. The fraction of sp³-hybridized carbons (Fsp3) is 0.588. The number of urea groups is 1. The third-order valence-electron chi connectivity index (χ3n) is 5.50. The molecule has 29 heavy (non-hydrogen) atoms. The molecular weight excluding hydrogens is 391 g/mol. The van der Waals surface area contributed by atoms with Gasteiger partial charge in [-0.2, -0.15) is 27.8 Å². The number of anilines is 1. The molecule has 0 spiro atoms. The standard InChI is InChI=1S/C17H20F3N7O2/c1-10-11(2)23-15-21-9-22-27(15)14(10)24-5-3-12(4-6-24)25-7-13(28)26(16(25)29)8-17(18,19)20/h9,12H,3-8H2,1-2H3. The Kier molecular flexibility index (Phi) is 4.58. The summed E-state index contributed by atoms with van der Waals surface area (Å²) in [6.45, 7) is 3.13. The molecule has 0 bridgehead atoms. The molecule has 156 valence electrons. The second-order valence-electron chi connectivity index (χ2n) is 7.34. The lowest BCUT2D eigenvalue weighted by Crippen LogP contribution is -2.48. The molecule has 0 saturated carbocycles. The van der Waals surface area contributed by atoms with Gasteiger partial charge >= 0.3 is 12.2 Å². The number of rotatable bonds is 3. The molecule has 0 radical (unpaired) electrons. The van der Waals surface area contributed by atoms with Crippen LogP contribution in [0.2, 0.25) is 0 Å². The van der Waals surface area contributed by atoms with E-state index in [1.54, 1.807) is 4.52 Å². The van der Waals surface area contributed by atoms with E-state index in [2.05, 4.69) is 20.0 Å². The van der Waals surface area contributed by atoms with Crippen molar-refractivity contribution in [2.45, 2.75) is 38.9 Å². The maximum Gasteiger partial charge on any atom is 0.406 e. The summed E-state index contributed by atoms with van der Waals surface area (Å²) >= 11 is 0. The summed E-state index contributed by atoms with van der Waals surface area (Å²) in [5, 5.41) is 4.24. The van der Waals surface area contributed by atoms with Crippen molar-refractivity contribution in [1.29, 1.82) is 0 Å². The van der Waals surface area contributed by atoms with Crippen molar-refractivity contribution in [3.63, 3.8) is 0 Å². The van der Waals surface area contributed by atoms with E-state index in [0.717, 1.165) is 17.1 Å². The fourth-order valence-corrected chi connectivity index (χ4v) is 3.96. The van der Waals surface area contributed by atoms with Crippen molar-refractivity contribution in [2.24, 2.45) is 0 Å². The highest BCUT2D eigenvalue weighted by Gasteiger charge is 2.45. The van der Waals surface area contributed by atoms with Crippen LogP contribution in [-0.2, 0) is 4.79 Å². The van der Waals surface area contributed by atoms with E-state index >= 15 is 0 Å². The Bertz CT molecular complexity index is 966. The maximum absolute atomic E-state index is 12.6. The molecule has 0 aromatic carbocycles. The molecule has 0 atom stereocenters. The lowest BCUT2D eigenvalue weighted by Gasteiger charge is -2.37. The summed E-state index contributed by atoms with van der Waals surface area (Å²) in [4.78, 5) is 36.5. The Balaban J connectivity index is 1.48. The number of piperidine rings is 1. The van der Waals surface area contributed by atoms with Gasteiger partial charge in [-0.3, -0.25) is 9.69 Å². The minimum absolute atomic E-state index is 0.282. The molecule has 0 aliphatic carbocycles. The predicted molar refractivity (Wildman–Crippen MR) is 95.4 cm³/mol. The number of hydrogen-bond donors (Lipinski definition) is 0. The third-order valence-corrected chi connectivity index (χ3v) is 5.50. The van der Waals surface area contributed by atoms with Gasteiger partial charge in [0.1, 0.15) is 25.2 Å². The normalized spacial score (nSPS) is 19.1. The molecule has 2 aliphatic rings. The predicted octanol–water partition coefficient (Wildman–Crippen LogP) is 1.54. The van der Waals surface area contributed by atoms with E-state index in [-0.39, 0.29) is 12.6 Å². The van der Waals surface area contributed by atoms with E-state index in [1.165, 1.54) is 11.2 Å². The molecular formula is C17H20F3N7O2. The lowest BCUT2D eigenvalue weighted by atomic mass is 10.0. The summed E-state index contributed by atoms with van der Waals surface area (Å²) < 4.78 is 39.6. The summed E-state index contributed by atoms with van der Waals surface area (Å²) in [5.41, 5.74) is 1.80. The Labute approximate surface area is 164 Å². The number of aromatic nitrogens is 4. The number of alkyl halides is 3. The first-order chi connectivity index (χ1) is 13.7. The Morgan fingerprint density at radius 3 is 2.52 bits per heavy atom. The summed E-state index contributed by atoms with van der Waals surface area (Å²) in [5.74, 6) is 0.555. The highest BCUT2D eigenvalue weighted by molar-refractivity contribution is 6.02. The Morgan fingerprint density at radius 2 is 1.86 bits per heavy atom. The molecule has 2 fully saturated rings. The van der Waals surface area contributed by atoms with Gasteiger partial charge in [0, 0.05) is 30.4 Å². The average molecular weight is 411 g/mol. The van der Waals surface area contributed by atoms with Gasteiger partial charge in [0.15, 0.2) is 0 Å². The molecule has 9 nitrogen and oxygen atoms in total. The smallest absolute Gasteiger partial charge is 0.356 e. The fourth-order valence-electron chi connectivity index (χ4n) is 3.96. The van der Waals surface area contributed by atoms with E-state index in [0.29, 0.717) is 36.6 Å². The number of carbonyl (C=O) groups is 2. The zero-order valence-corrected chi connectivity index (χ0v) is 16.0. The molecule has 0 N–H and O–H groups in total. The van der Waals surface area contributed by atoms with Gasteiger partial charge in [-0.1, -0.05) is 0 Å². The van der Waals surface area contributed by atoms with Crippen molar-refractivity contribution >= 4 is 23.5 Å². The monoisotopic (exact) mass is 411 g/mol. The zero-order valence-electron chi connectivity index (χ0n) is 16.0. The molecule has 12 heteroatoms. The van der Waals surface area contributed by atoms with Gasteiger partial charge in [0.05, 0.1) is 0 Å².